The molecule has 1 N–H and O–H groups in total. The predicted molar refractivity (Wildman–Crippen MR) is 108 cm³/mol. The number of nitrogens with one attached hydrogen (secondary N) is 1. The van der Waals surface area contributed by atoms with E-state index in [1.165, 1.54) is 20.0 Å². The fraction of sp³-hybridized carbons (Fsp3) is 0.450. The molecular weight excluding hydrogens is 417 g/mol. The van der Waals surface area contributed by atoms with Crippen LogP contribution in [0.25, 0.3) is 10.9 Å². The third-order valence-electron chi connectivity index (χ3n) is 5.43. The van der Waals surface area contributed by atoms with Crippen LogP contribution in [0.15, 0.2) is 23.7 Å². The number of hydrogen-bond acceptors (Lipinski definition) is 5. The lowest BCUT2D eigenvalue weighted by Crippen LogP contribution is -2.16. The summed E-state index contributed by atoms with van der Waals surface area (Å²) in [4.78, 5) is 15.8. The third kappa shape index (κ3) is 4.14. The average Bonchev–Trinajstić information content (AvgIpc) is 3.35. The minimum Gasteiger partial charge on any atom is -0.494 e. The largest absolute Gasteiger partial charge is 0.494 e. The number of carbonyl (C=O) groups excluding carboxylic acids is 1. The topological polar surface area (TPSA) is 69.0 Å². The molecule has 10 heteroatoms. The molecule has 2 heterocycles. The number of benzene rings is 1. The van der Waals surface area contributed by atoms with Gasteiger partial charge in [-0.3, -0.25) is 9.48 Å². The van der Waals surface area contributed by atoms with Crippen LogP contribution >= 0.6 is 11.3 Å². The first-order chi connectivity index (χ1) is 14.2. The Labute approximate surface area is 175 Å². The Bertz CT molecular complexity index is 1070. The van der Waals surface area contributed by atoms with Gasteiger partial charge in [0, 0.05) is 23.0 Å². The van der Waals surface area contributed by atoms with Crippen molar-refractivity contribution in [3.8, 4) is 5.75 Å². The number of nitrogens with zero attached hydrogens (tertiary/aromatic N) is 3. The van der Waals surface area contributed by atoms with Gasteiger partial charge in [-0.15, -0.1) is 11.3 Å². The molecule has 1 aliphatic carbocycles. The van der Waals surface area contributed by atoms with Crippen molar-refractivity contribution in [2.45, 2.75) is 44.8 Å². The van der Waals surface area contributed by atoms with Crippen LogP contribution in [0, 0.1) is 5.92 Å². The number of anilines is 1. The number of aromatic nitrogens is 3. The molecule has 0 unspecified atom stereocenters. The molecule has 1 aromatic carbocycles. The zero-order valence-corrected chi connectivity index (χ0v) is 17.3. The molecule has 30 heavy (non-hydrogen) atoms. The van der Waals surface area contributed by atoms with E-state index in [1.807, 2.05) is 10.9 Å². The number of halogens is 3. The van der Waals surface area contributed by atoms with Crippen LogP contribution in [-0.4, -0.2) is 27.8 Å². The zero-order chi connectivity index (χ0) is 21.5. The van der Waals surface area contributed by atoms with Crippen molar-refractivity contribution in [1.29, 1.82) is 0 Å². The maximum Gasteiger partial charge on any atom is 0.443 e. The minimum absolute atomic E-state index is 0.290. The van der Waals surface area contributed by atoms with Crippen LogP contribution in [0.3, 0.4) is 0 Å². The van der Waals surface area contributed by atoms with Gasteiger partial charge in [-0.1, -0.05) is 6.92 Å². The van der Waals surface area contributed by atoms with E-state index in [9.17, 15) is 18.0 Å². The molecule has 1 amide bonds. The maximum atomic E-state index is 12.7. The van der Waals surface area contributed by atoms with Gasteiger partial charge >= 0.3 is 6.18 Å². The summed E-state index contributed by atoms with van der Waals surface area (Å²) in [6.45, 7) is 2.26. The third-order valence-corrected chi connectivity index (χ3v) is 6.32. The Morgan fingerprint density at radius 1 is 1.27 bits per heavy atom. The molecule has 2 aromatic heterocycles. The highest BCUT2D eigenvalue weighted by atomic mass is 32.1. The molecule has 1 saturated carbocycles. The van der Waals surface area contributed by atoms with Gasteiger partial charge in [0.05, 0.1) is 24.4 Å². The summed E-state index contributed by atoms with van der Waals surface area (Å²) < 4.78 is 45.6. The van der Waals surface area contributed by atoms with Crippen molar-refractivity contribution in [3.05, 3.63) is 34.4 Å². The molecule has 0 saturated heterocycles. The Hall–Kier alpha value is -2.62. The molecule has 160 valence electrons. The maximum absolute atomic E-state index is 12.7. The lowest BCUT2D eigenvalue weighted by atomic mass is 9.87. The number of thiazole rings is 1. The van der Waals surface area contributed by atoms with Crippen molar-refractivity contribution in [2.75, 3.05) is 12.4 Å². The van der Waals surface area contributed by atoms with E-state index in [2.05, 4.69) is 22.3 Å². The summed E-state index contributed by atoms with van der Waals surface area (Å²) in [7, 11) is 1.46. The number of amides is 1. The van der Waals surface area contributed by atoms with Gasteiger partial charge in [0.2, 0.25) is 0 Å². The average molecular weight is 438 g/mol. The molecule has 6 nitrogen and oxygen atoms in total. The van der Waals surface area contributed by atoms with E-state index in [4.69, 9.17) is 4.74 Å². The van der Waals surface area contributed by atoms with Crippen LogP contribution in [0.1, 0.15) is 54.1 Å². The van der Waals surface area contributed by atoms with E-state index in [0.29, 0.717) is 28.8 Å². The minimum atomic E-state index is -4.58. The van der Waals surface area contributed by atoms with E-state index < -0.39 is 17.1 Å². The van der Waals surface area contributed by atoms with Crippen molar-refractivity contribution >= 4 is 33.8 Å². The lowest BCUT2D eigenvalue weighted by Gasteiger charge is -2.26. The summed E-state index contributed by atoms with van der Waals surface area (Å²) >= 11 is 0.386. The number of methoxy groups -OCH3 is 1. The molecule has 0 spiro atoms. The lowest BCUT2D eigenvalue weighted by molar-refractivity contribution is -0.137. The Morgan fingerprint density at radius 3 is 2.63 bits per heavy atom. The summed E-state index contributed by atoms with van der Waals surface area (Å²) in [6, 6.07) is 3.78. The molecule has 1 fully saturated rings. The highest BCUT2D eigenvalue weighted by Gasteiger charge is 2.35. The molecule has 0 aliphatic heterocycles. The summed E-state index contributed by atoms with van der Waals surface area (Å²) in [6.07, 6.45) is 1.83. The van der Waals surface area contributed by atoms with Gasteiger partial charge in [-0.2, -0.15) is 18.3 Å². The smallest absolute Gasteiger partial charge is 0.443 e. The zero-order valence-electron chi connectivity index (χ0n) is 16.5. The standard InChI is InChI=1S/C20H21F3N4O2S/c1-11-3-5-13(6-4-11)27-9-12-7-15(17(29-2)8-14(12)26-27)24-18(28)16-10-30-19(25-16)20(21,22)23/h7-11,13H,3-6H2,1-2H3,(H,24,28). The van der Waals surface area contributed by atoms with Crippen LogP contribution < -0.4 is 10.1 Å². The van der Waals surface area contributed by atoms with Crippen LogP contribution in [0.4, 0.5) is 18.9 Å². The van der Waals surface area contributed by atoms with E-state index >= 15 is 0 Å². The highest BCUT2D eigenvalue weighted by Crippen LogP contribution is 2.35. The van der Waals surface area contributed by atoms with Crippen LogP contribution in [0.5, 0.6) is 5.75 Å². The fourth-order valence-corrected chi connectivity index (χ4v) is 4.39. The normalized spacial score (nSPS) is 19.8. The molecule has 3 aromatic rings. The number of carbonyl (C=O) groups is 1. The Morgan fingerprint density at radius 2 is 2.00 bits per heavy atom. The van der Waals surface area contributed by atoms with Gasteiger partial charge in [-0.25, -0.2) is 4.98 Å². The van der Waals surface area contributed by atoms with Gasteiger partial charge in [0.1, 0.15) is 11.4 Å². The number of ether oxygens (including phenoxy) is 1. The number of hydrogen-bond donors (Lipinski definition) is 1. The van der Waals surface area contributed by atoms with Crippen LogP contribution in [0.2, 0.25) is 0 Å². The molecule has 1 aliphatic rings. The monoisotopic (exact) mass is 438 g/mol. The van der Waals surface area contributed by atoms with Gasteiger partial charge in [0.15, 0.2) is 5.01 Å². The van der Waals surface area contributed by atoms with E-state index in [0.717, 1.165) is 35.0 Å². The number of alkyl halides is 3. The van der Waals surface area contributed by atoms with Gasteiger partial charge in [-0.05, 0) is 37.7 Å². The predicted octanol–water partition coefficient (Wildman–Crippen LogP) is 5.52. The Kier molecular flexibility index (Phi) is 5.44. The summed E-state index contributed by atoms with van der Waals surface area (Å²) in [5.74, 6) is 0.384. The van der Waals surface area contributed by atoms with Crippen molar-refractivity contribution in [2.24, 2.45) is 5.92 Å². The van der Waals surface area contributed by atoms with Crippen molar-refractivity contribution in [3.63, 3.8) is 0 Å². The SMILES string of the molecule is COc1cc2nn(C3CCC(C)CC3)cc2cc1NC(=O)c1csc(C(F)(F)F)n1. The van der Waals surface area contributed by atoms with Crippen molar-refractivity contribution < 1.29 is 22.7 Å². The quantitative estimate of drug-likeness (QED) is 0.582. The fourth-order valence-electron chi connectivity index (χ4n) is 3.73. The summed E-state index contributed by atoms with van der Waals surface area (Å²) in [5.41, 5.74) is 0.798. The number of rotatable bonds is 4. The molecule has 0 radical (unpaired) electrons. The highest BCUT2D eigenvalue weighted by molar-refractivity contribution is 7.10. The molecule has 4 rings (SSSR count). The first-order valence-electron chi connectivity index (χ1n) is 9.65. The van der Waals surface area contributed by atoms with Gasteiger partial charge < -0.3 is 10.1 Å². The van der Waals surface area contributed by atoms with E-state index in [1.54, 1.807) is 12.1 Å². The number of fused-ring (bicyclic) bond motifs is 1. The summed E-state index contributed by atoms with van der Waals surface area (Å²) in [5, 5.41) is 8.12. The molecule has 0 bridgehead atoms. The first-order valence-corrected chi connectivity index (χ1v) is 10.5. The second kappa shape index (κ2) is 7.90. The first kappa shape index (κ1) is 20.6. The van der Waals surface area contributed by atoms with Gasteiger partial charge in [0.25, 0.3) is 5.91 Å². The van der Waals surface area contributed by atoms with Crippen molar-refractivity contribution in [1.82, 2.24) is 14.8 Å². The second-order valence-corrected chi connectivity index (χ2v) is 8.48. The molecular formula is C20H21F3N4O2S. The second-order valence-electron chi connectivity index (χ2n) is 7.62. The Balaban J connectivity index is 1.58. The van der Waals surface area contributed by atoms with E-state index in [-0.39, 0.29) is 5.69 Å². The molecule has 0 atom stereocenters. The van der Waals surface area contributed by atoms with Crippen LogP contribution in [-0.2, 0) is 6.18 Å².